The predicted octanol–water partition coefficient (Wildman–Crippen LogP) is 2.69. The van der Waals surface area contributed by atoms with Crippen LogP contribution < -0.4 is 5.32 Å². The lowest BCUT2D eigenvalue weighted by Gasteiger charge is -2.26. The van der Waals surface area contributed by atoms with Crippen LogP contribution in [0.25, 0.3) is 0 Å². The fourth-order valence-corrected chi connectivity index (χ4v) is 3.31. The first-order valence-electron chi connectivity index (χ1n) is 6.89. The largest absolute Gasteiger partial charge is 0.314 e. The quantitative estimate of drug-likeness (QED) is 0.650. The number of hydrogen-bond acceptors (Lipinski definition) is 3. The summed E-state index contributed by atoms with van der Waals surface area (Å²) in [6.07, 6.45) is 1.29. The summed E-state index contributed by atoms with van der Waals surface area (Å²) in [5, 5.41) is 3.40. The van der Waals surface area contributed by atoms with Gasteiger partial charge >= 0.3 is 0 Å². The van der Waals surface area contributed by atoms with Gasteiger partial charge in [0, 0.05) is 31.1 Å². The van der Waals surface area contributed by atoms with Gasteiger partial charge in [0.1, 0.15) is 0 Å². The summed E-state index contributed by atoms with van der Waals surface area (Å²) in [5.41, 5.74) is 2.78. The summed E-state index contributed by atoms with van der Waals surface area (Å²) in [4.78, 5) is 4.01. The lowest BCUT2D eigenvalue weighted by molar-refractivity contribution is 0.242. The summed E-state index contributed by atoms with van der Waals surface area (Å²) in [5.74, 6) is 1.23. The van der Waals surface area contributed by atoms with Gasteiger partial charge in [-0.3, -0.25) is 0 Å². The third kappa shape index (κ3) is 4.30. The van der Waals surface area contributed by atoms with Crippen LogP contribution in [0.2, 0.25) is 0 Å². The Hall–Kier alpha value is -0.510. The third-order valence-electron chi connectivity index (χ3n) is 3.42. The maximum Gasteiger partial charge on any atom is 0.0107 e. The Balaban J connectivity index is 1.68. The number of nitrogens with one attached hydrogen (secondary N) is 1. The molecule has 1 aliphatic heterocycles. The SMILES string of the molecule is Cc1ccc(SCCCN2CCNCC2)c(C)c1. The van der Waals surface area contributed by atoms with Gasteiger partial charge in [-0.1, -0.05) is 17.7 Å². The van der Waals surface area contributed by atoms with Gasteiger partial charge in [-0.25, -0.2) is 0 Å². The average Bonchev–Trinajstić information content (AvgIpc) is 2.38. The molecule has 1 N–H and O–H groups in total. The Labute approximate surface area is 115 Å². The van der Waals surface area contributed by atoms with E-state index in [1.165, 1.54) is 47.8 Å². The molecule has 1 saturated heterocycles. The number of thioether (sulfide) groups is 1. The van der Waals surface area contributed by atoms with Crippen LogP contribution >= 0.6 is 11.8 Å². The van der Waals surface area contributed by atoms with E-state index in [1.807, 2.05) is 11.8 Å². The Morgan fingerprint density at radius 2 is 2.00 bits per heavy atom. The average molecular weight is 264 g/mol. The standard InChI is InChI=1S/C15H24N2S/c1-13-4-5-15(14(2)12-13)18-11-3-8-17-9-6-16-7-10-17/h4-5,12,16H,3,6-11H2,1-2H3. The highest BCUT2D eigenvalue weighted by atomic mass is 32.2. The normalized spacial score (nSPS) is 17.0. The number of piperazine rings is 1. The lowest BCUT2D eigenvalue weighted by atomic mass is 10.2. The van der Waals surface area contributed by atoms with Gasteiger partial charge in [0.2, 0.25) is 0 Å². The van der Waals surface area contributed by atoms with E-state index in [-0.39, 0.29) is 0 Å². The summed E-state index contributed by atoms with van der Waals surface area (Å²) in [7, 11) is 0. The van der Waals surface area contributed by atoms with Crippen molar-refractivity contribution in [2.75, 3.05) is 38.5 Å². The fraction of sp³-hybridized carbons (Fsp3) is 0.600. The zero-order valence-corrected chi connectivity index (χ0v) is 12.4. The molecule has 0 bridgehead atoms. The van der Waals surface area contributed by atoms with Gasteiger partial charge in [0.25, 0.3) is 0 Å². The van der Waals surface area contributed by atoms with Gasteiger partial charge in [-0.05, 0) is 44.2 Å². The van der Waals surface area contributed by atoms with Crippen LogP contribution in [0.4, 0.5) is 0 Å². The van der Waals surface area contributed by atoms with Crippen LogP contribution in [0, 0.1) is 13.8 Å². The molecule has 2 rings (SSSR count). The minimum Gasteiger partial charge on any atom is -0.314 e. The second-order valence-electron chi connectivity index (χ2n) is 5.06. The van der Waals surface area contributed by atoms with Crippen molar-refractivity contribution in [3.63, 3.8) is 0 Å². The van der Waals surface area contributed by atoms with Crippen molar-refractivity contribution >= 4 is 11.8 Å². The lowest BCUT2D eigenvalue weighted by Crippen LogP contribution is -2.43. The van der Waals surface area contributed by atoms with Crippen LogP contribution in [0.3, 0.4) is 0 Å². The summed E-state index contributed by atoms with van der Waals surface area (Å²) < 4.78 is 0. The molecule has 0 saturated carbocycles. The summed E-state index contributed by atoms with van der Waals surface area (Å²) in [6.45, 7) is 10.4. The first-order valence-corrected chi connectivity index (χ1v) is 7.87. The minimum atomic E-state index is 1.16. The molecule has 0 amide bonds. The Morgan fingerprint density at radius 3 is 2.72 bits per heavy atom. The fourth-order valence-electron chi connectivity index (χ4n) is 2.37. The maximum atomic E-state index is 3.40. The molecule has 0 radical (unpaired) electrons. The van der Waals surface area contributed by atoms with Gasteiger partial charge in [-0.2, -0.15) is 0 Å². The predicted molar refractivity (Wildman–Crippen MR) is 80.6 cm³/mol. The smallest absolute Gasteiger partial charge is 0.0107 e. The number of rotatable bonds is 5. The molecule has 0 aliphatic carbocycles. The zero-order chi connectivity index (χ0) is 12.8. The molecule has 0 spiro atoms. The topological polar surface area (TPSA) is 15.3 Å². The molecule has 1 aromatic carbocycles. The van der Waals surface area contributed by atoms with Crippen LogP contribution in [0.5, 0.6) is 0 Å². The van der Waals surface area contributed by atoms with Gasteiger partial charge < -0.3 is 10.2 Å². The first kappa shape index (κ1) is 13.9. The van der Waals surface area contributed by atoms with Crippen molar-refractivity contribution in [2.24, 2.45) is 0 Å². The van der Waals surface area contributed by atoms with Crippen LogP contribution in [0.1, 0.15) is 17.5 Å². The van der Waals surface area contributed by atoms with Crippen molar-refractivity contribution in [1.29, 1.82) is 0 Å². The molecule has 0 aromatic heterocycles. The number of aryl methyl sites for hydroxylation is 2. The molecule has 1 aliphatic rings. The molecule has 0 unspecified atom stereocenters. The molecular formula is C15H24N2S. The number of benzene rings is 1. The van der Waals surface area contributed by atoms with E-state index in [9.17, 15) is 0 Å². The highest BCUT2D eigenvalue weighted by Crippen LogP contribution is 2.23. The zero-order valence-electron chi connectivity index (χ0n) is 11.5. The van der Waals surface area contributed by atoms with E-state index in [2.05, 4.69) is 42.3 Å². The Kier molecular flexibility index (Phi) is 5.54. The van der Waals surface area contributed by atoms with Crippen LogP contribution in [-0.4, -0.2) is 43.4 Å². The van der Waals surface area contributed by atoms with Gasteiger partial charge in [0.05, 0.1) is 0 Å². The maximum absolute atomic E-state index is 3.40. The molecule has 0 atom stereocenters. The summed E-state index contributed by atoms with van der Waals surface area (Å²) in [6, 6.07) is 6.75. The molecule has 100 valence electrons. The second kappa shape index (κ2) is 7.17. The van der Waals surface area contributed by atoms with E-state index in [0.717, 1.165) is 13.1 Å². The van der Waals surface area contributed by atoms with Crippen LogP contribution in [0.15, 0.2) is 23.1 Å². The van der Waals surface area contributed by atoms with E-state index in [0.29, 0.717) is 0 Å². The second-order valence-corrected chi connectivity index (χ2v) is 6.20. The first-order chi connectivity index (χ1) is 8.75. The van der Waals surface area contributed by atoms with Crippen molar-refractivity contribution in [3.8, 4) is 0 Å². The molecule has 2 nitrogen and oxygen atoms in total. The molecule has 1 fully saturated rings. The van der Waals surface area contributed by atoms with Crippen molar-refractivity contribution in [3.05, 3.63) is 29.3 Å². The van der Waals surface area contributed by atoms with E-state index < -0.39 is 0 Å². The van der Waals surface area contributed by atoms with Crippen molar-refractivity contribution < 1.29 is 0 Å². The number of hydrogen-bond donors (Lipinski definition) is 1. The van der Waals surface area contributed by atoms with E-state index in [1.54, 1.807) is 0 Å². The van der Waals surface area contributed by atoms with Gasteiger partial charge in [0.15, 0.2) is 0 Å². The number of nitrogens with zero attached hydrogens (tertiary/aromatic N) is 1. The van der Waals surface area contributed by atoms with E-state index in [4.69, 9.17) is 0 Å². The highest BCUT2D eigenvalue weighted by Gasteiger charge is 2.08. The summed E-state index contributed by atoms with van der Waals surface area (Å²) >= 11 is 2.00. The Bertz CT molecular complexity index is 373. The monoisotopic (exact) mass is 264 g/mol. The molecule has 1 aromatic rings. The third-order valence-corrected chi connectivity index (χ3v) is 4.68. The van der Waals surface area contributed by atoms with E-state index >= 15 is 0 Å². The molecule has 3 heteroatoms. The molecule has 18 heavy (non-hydrogen) atoms. The Morgan fingerprint density at radius 1 is 1.22 bits per heavy atom. The van der Waals surface area contributed by atoms with Crippen molar-refractivity contribution in [1.82, 2.24) is 10.2 Å². The van der Waals surface area contributed by atoms with Gasteiger partial charge in [-0.15, -0.1) is 11.8 Å². The van der Waals surface area contributed by atoms with Crippen LogP contribution in [-0.2, 0) is 0 Å². The molecular weight excluding hydrogens is 240 g/mol. The molecule has 1 heterocycles. The minimum absolute atomic E-state index is 1.16. The van der Waals surface area contributed by atoms with Crippen molar-refractivity contribution in [2.45, 2.75) is 25.2 Å². The highest BCUT2D eigenvalue weighted by molar-refractivity contribution is 7.99.